The van der Waals surface area contributed by atoms with Gasteiger partial charge in [-0.15, -0.1) is 0 Å². The molecule has 0 heterocycles. The summed E-state index contributed by atoms with van der Waals surface area (Å²) in [6, 6.07) is 7.85. The summed E-state index contributed by atoms with van der Waals surface area (Å²) in [6.45, 7) is 4.20. The molecule has 0 atom stereocenters. The molecule has 1 saturated carbocycles. The van der Waals surface area contributed by atoms with Crippen LogP contribution >= 0.6 is 0 Å². The average molecular weight is 289 g/mol. The fourth-order valence-corrected chi connectivity index (χ4v) is 2.95. The molecule has 0 bridgehead atoms. The molecular formula is C17H23NO3. The largest absolute Gasteiger partial charge is 0.481 e. The number of rotatable bonds is 4. The Morgan fingerprint density at radius 2 is 1.67 bits per heavy atom. The summed E-state index contributed by atoms with van der Waals surface area (Å²) in [5.74, 6) is -0.715. The number of aliphatic carboxylic acids is 1. The lowest BCUT2D eigenvalue weighted by Gasteiger charge is -2.25. The Morgan fingerprint density at radius 3 is 2.24 bits per heavy atom. The minimum atomic E-state index is -0.737. The molecule has 4 nitrogen and oxygen atoms in total. The maximum Gasteiger partial charge on any atom is 0.306 e. The Kier molecular flexibility index (Phi) is 4.99. The van der Waals surface area contributed by atoms with Crippen LogP contribution in [0.15, 0.2) is 24.3 Å². The van der Waals surface area contributed by atoms with Crippen LogP contribution in [-0.4, -0.2) is 17.0 Å². The number of amides is 1. The van der Waals surface area contributed by atoms with Gasteiger partial charge in [0.05, 0.1) is 5.92 Å². The second kappa shape index (κ2) is 6.74. The van der Waals surface area contributed by atoms with Crippen molar-refractivity contribution >= 4 is 17.6 Å². The number of carboxylic acids is 1. The van der Waals surface area contributed by atoms with Crippen molar-refractivity contribution in [3.63, 3.8) is 0 Å². The van der Waals surface area contributed by atoms with Crippen LogP contribution in [-0.2, 0) is 9.59 Å². The van der Waals surface area contributed by atoms with Crippen molar-refractivity contribution in [3.05, 3.63) is 29.8 Å². The number of carbonyl (C=O) groups excluding carboxylic acids is 1. The van der Waals surface area contributed by atoms with Crippen molar-refractivity contribution in [1.82, 2.24) is 0 Å². The highest BCUT2D eigenvalue weighted by molar-refractivity contribution is 5.93. The number of nitrogens with one attached hydrogen (secondary N) is 1. The quantitative estimate of drug-likeness (QED) is 0.889. The molecule has 2 rings (SSSR count). The van der Waals surface area contributed by atoms with Gasteiger partial charge in [-0.25, -0.2) is 0 Å². The molecule has 1 amide bonds. The molecule has 0 spiro atoms. The van der Waals surface area contributed by atoms with E-state index in [2.05, 4.69) is 19.2 Å². The van der Waals surface area contributed by atoms with E-state index in [4.69, 9.17) is 5.11 Å². The number of carboxylic acid groups (broad SMARTS) is 1. The number of carbonyl (C=O) groups is 2. The van der Waals surface area contributed by atoms with E-state index in [1.807, 2.05) is 24.3 Å². The van der Waals surface area contributed by atoms with Gasteiger partial charge >= 0.3 is 5.97 Å². The fourth-order valence-electron chi connectivity index (χ4n) is 2.95. The van der Waals surface area contributed by atoms with Crippen LogP contribution in [0.3, 0.4) is 0 Å². The number of para-hydroxylation sites is 1. The average Bonchev–Trinajstić information content (AvgIpc) is 2.47. The van der Waals surface area contributed by atoms with Gasteiger partial charge in [0, 0.05) is 11.6 Å². The smallest absolute Gasteiger partial charge is 0.306 e. The summed E-state index contributed by atoms with van der Waals surface area (Å²) in [7, 11) is 0. The monoisotopic (exact) mass is 289 g/mol. The van der Waals surface area contributed by atoms with Gasteiger partial charge in [-0.2, -0.15) is 0 Å². The number of anilines is 1. The predicted molar refractivity (Wildman–Crippen MR) is 82.2 cm³/mol. The summed E-state index contributed by atoms with van der Waals surface area (Å²) >= 11 is 0. The second-order valence-electron chi connectivity index (χ2n) is 6.12. The standard InChI is InChI=1S/C17H23NO3/c1-11(2)14-5-3-4-6-15(14)18-16(19)12-7-9-13(10-8-12)17(20)21/h3-6,11-13H,7-10H2,1-2H3,(H,18,19)(H,20,21). The summed E-state index contributed by atoms with van der Waals surface area (Å²) in [5.41, 5.74) is 2.00. The lowest BCUT2D eigenvalue weighted by atomic mass is 9.81. The van der Waals surface area contributed by atoms with E-state index in [0.717, 1.165) is 11.3 Å². The van der Waals surface area contributed by atoms with Gasteiger partial charge in [-0.3, -0.25) is 9.59 Å². The van der Waals surface area contributed by atoms with Crippen LogP contribution in [0.25, 0.3) is 0 Å². The van der Waals surface area contributed by atoms with Gasteiger partial charge in [0.1, 0.15) is 0 Å². The van der Waals surface area contributed by atoms with Gasteiger partial charge in [0.15, 0.2) is 0 Å². The molecule has 21 heavy (non-hydrogen) atoms. The van der Waals surface area contributed by atoms with E-state index in [1.165, 1.54) is 0 Å². The third kappa shape index (κ3) is 3.84. The van der Waals surface area contributed by atoms with Crippen LogP contribution < -0.4 is 5.32 Å². The number of benzene rings is 1. The number of hydrogen-bond donors (Lipinski definition) is 2. The highest BCUT2D eigenvalue weighted by atomic mass is 16.4. The first-order valence-corrected chi connectivity index (χ1v) is 7.61. The Morgan fingerprint density at radius 1 is 1.10 bits per heavy atom. The minimum Gasteiger partial charge on any atom is -0.481 e. The Hall–Kier alpha value is -1.84. The van der Waals surface area contributed by atoms with Gasteiger partial charge in [0.25, 0.3) is 0 Å². The Labute approximate surface area is 125 Å². The van der Waals surface area contributed by atoms with Gasteiger partial charge in [-0.1, -0.05) is 32.0 Å². The molecule has 1 aromatic rings. The zero-order chi connectivity index (χ0) is 15.4. The lowest BCUT2D eigenvalue weighted by Crippen LogP contribution is -2.29. The van der Waals surface area contributed by atoms with Gasteiger partial charge < -0.3 is 10.4 Å². The normalized spacial score (nSPS) is 22.0. The molecule has 0 aromatic heterocycles. The summed E-state index contributed by atoms with van der Waals surface area (Å²) in [5, 5.41) is 12.0. The maximum absolute atomic E-state index is 12.4. The SMILES string of the molecule is CC(C)c1ccccc1NC(=O)C1CCC(C(=O)O)CC1. The first kappa shape index (κ1) is 15.5. The molecule has 0 aliphatic heterocycles. The molecule has 1 fully saturated rings. The summed E-state index contributed by atoms with van der Waals surface area (Å²) in [6.07, 6.45) is 2.51. The van der Waals surface area contributed by atoms with E-state index in [1.54, 1.807) is 0 Å². The van der Waals surface area contributed by atoms with Crippen molar-refractivity contribution < 1.29 is 14.7 Å². The highest BCUT2D eigenvalue weighted by Crippen LogP contribution is 2.31. The predicted octanol–water partition coefficient (Wildman–Crippen LogP) is 3.64. The fraction of sp³-hybridized carbons (Fsp3) is 0.529. The molecule has 0 unspecified atom stereocenters. The topological polar surface area (TPSA) is 66.4 Å². The molecule has 1 aliphatic carbocycles. The van der Waals surface area contributed by atoms with Crippen molar-refractivity contribution in [1.29, 1.82) is 0 Å². The second-order valence-corrected chi connectivity index (χ2v) is 6.12. The van der Waals surface area contributed by atoms with E-state index < -0.39 is 5.97 Å². The van der Waals surface area contributed by atoms with Gasteiger partial charge in [0.2, 0.25) is 5.91 Å². The molecule has 2 N–H and O–H groups in total. The van der Waals surface area contributed by atoms with E-state index in [-0.39, 0.29) is 17.7 Å². The Balaban J connectivity index is 1.98. The van der Waals surface area contributed by atoms with Crippen LogP contribution in [0.1, 0.15) is 51.0 Å². The van der Waals surface area contributed by atoms with E-state index in [9.17, 15) is 9.59 Å². The first-order valence-electron chi connectivity index (χ1n) is 7.61. The highest BCUT2D eigenvalue weighted by Gasteiger charge is 2.29. The van der Waals surface area contributed by atoms with Gasteiger partial charge in [-0.05, 0) is 43.2 Å². The molecular weight excluding hydrogens is 266 g/mol. The number of hydrogen-bond acceptors (Lipinski definition) is 2. The zero-order valence-corrected chi connectivity index (χ0v) is 12.6. The van der Waals surface area contributed by atoms with Crippen LogP contribution in [0.4, 0.5) is 5.69 Å². The van der Waals surface area contributed by atoms with Crippen LogP contribution in [0.2, 0.25) is 0 Å². The molecule has 4 heteroatoms. The van der Waals surface area contributed by atoms with Crippen LogP contribution in [0, 0.1) is 11.8 Å². The first-order chi connectivity index (χ1) is 9.99. The summed E-state index contributed by atoms with van der Waals surface area (Å²) < 4.78 is 0. The molecule has 1 aliphatic rings. The van der Waals surface area contributed by atoms with Crippen LogP contribution in [0.5, 0.6) is 0 Å². The molecule has 114 valence electrons. The molecule has 0 saturated heterocycles. The minimum absolute atomic E-state index is 0.0203. The van der Waals surface area contributed by atoms with Crippen molar-refractivity contribution in [2.24, 2.45) is 11.8 Å². The molecule has 1 aromatic carbocycles. The zero-order valence-electron chi connectivity index (χ0n) is 12.6. The van der Waals surface area contributed by atoms with Crippen molar-refractivity contribution in [2.75, 3.05) is 5.32 Å². The van der Waals surface area contributed by atoms with Crippen molar-refractivity contribution in [2.45, 2.75) is 45.4 Å². The third-order valence-electron chi connectivity index (χ3n) is 4.29. The summed E-state index contributed by atoms with van der Waals surface area (Å²) in [4.78, 5) is 23.3. The van der Waals surface area contributed by atoms with E-state index >= 15 is 0 Å². The maximum atomic E-state index is 12.4. The van der Waals surface area contributed by atoms with E-state index in [0.29, 0.717) is 31.6 Å². The van der Waals surface area contributed by atoms with Crippen molar-refractivity contribution in [3.8, 4) is 0 Å². The lowest BCUT2D eigenvalue weighted by molar-refractivity contribution is -0.143. The third-order valence-corrected chi connectivity index (χ3v) is 4.29. The Bertz CT molecular complexity index is 517. The molecule has 0 radical (unpaired) electrons.